The largest absolute Gasteiger partial charge is 0.352 e. The van der Waals surface area contributed by atoms with Gasteiger partial charge in [0, 0.05) is 12.6 Å². The quantitative estimate of drug-likeness (QED) is 0.877. The highest BCUT2D eigenvalue weighted by molar-refractivity contribution is 5.78. The third kappa shape index (κ3) is 4.28. The minimum Gasteiger partial charge on any atom is -0.352 e. The van der Waals surface area contributed by atoms with Crippen LogP contribution in [0.25, 0.3) is 0 Å². The van der Waals surface area contributed by atoms with Crippen molar-refractivity contribution < 1.29 is 13.6 Å². The lowest BCUT2D eigenvalue weighted by Crippen LogP contribution is -2.41. The molecule has 1 atom stereocenters. The number of carbonyl (C=O) groups is 1. The average Bonchev–Trinajstić information content (AvgIpc) is 2.62. The van der Waals surface area contributed by atoms with Crippen LogP contribution in [-0.2, 0) is 11.2 Å². The monoisotopic (exact) mass is 268 g/mol. The maximum absolute atomic E-state index is 13.0. The number of carbonyl (C=O) groups excluding carboxylic acids is 1. The molecule has 0 aliphatic carbocycles. The molecule has 5 heteroatoms. The molecular formula is C14H18F2N2O. The molecule has 2 N–H and O–H groups in total. The number of nitrogens with one attached hydrogen (secondary N) is 2. The van der Waals surface area contributed by atoms with Crippen LogP contribution < -0.4 is 10.6 Å². The summed E-state index contributed by atoms with van der Waals surface area (Å²) >= 11 is 0. The highest BCUT2D eigenvalue weighted by Crippen LogP contribution is 2.10. The van der Waals surface area contributed by atoms with E-state index in [1.54, 1.807) is 0 Å². The van der Waals surface area contributed by atoms with E-state index in [2.05, 4.69) is 10.6 Å². The normalized spacial score (nSPS) is 19.8. The predicted octanol–water partition coefficient (Wildman–Crippen LogP) is 1.77. The van der Waals surface area contributed by atoms with Crippen molar-refractivity contribution in [2.45, 2.75) is 31.7 Å². The molecule has 1 unspecified atom stereocenters. The Balaban J connectivity index is 1.87. The van der Waals surface area contributed by atoms with Crippen molar-refractivity contribution >= 4 is 5.91 Å². The van der Waals surface area contributed by atoms with E-state index in [0.717, 1.165) is 44.5 Å². The Kier molecular flexibility index (Phi) is 4.85. The molecule has 0 spiro atoms. The summed E-state index contributed by atoms with van der Waals surface area (Å²) in [6.07, 6.45) is 3.24. The summed E-state index contributed by atoms with van der Waals surface area (Å²) in [7, 11) is 0. The molecule has 0 radical (unpaired) electrons. The standard InChI is InChI=1S/C14H18F2N2O/c15-12-5-4-10(7-13(12)16)8-14(19)18-11-3-1-2-6-17-9-11/h4-5,7,11,17H,1-3,6,8-9H2,(H,18,19). The van der Waals surface area contributed by atoms with Crippen LogP contribution >= 0.6 is 0 Å². The van der Waals surface area contributed by atoms with Gasteiger partial charge in [0.15, 0.2) is 11.6 Å². The lowest BCUT2D eigenvalue weighted by Gasteiger charge is -2.16. The first-order chi connectivity index (χ1) is 9.15. The number of halogens is 2. The van der Waals surface area contributed by atoms with Crippen molar-refractivity contribution in [3.05, 3.63) is 35.4 Å². The van der Waals surface area contributed by atoms with Gasteiger partial charge in [-0.15, -0.1) is 0 Å². The van der Waals surface area contributed by atoms with Crippen LogP contribution in [0.2, 0.25) is 0 Å². The van der Waals surface area contributed by atoms with Gasteiger partial charge in [0.25, 0.3) is 0 Å². The maximum atomic E-state index is 13.0. The first-order valence-electron chi connectivity index (χ1n) is 6.59. The summed E-state index contributed by atoms with van der Waals surface area (Å²) in [4.78, 5) is 11.8. The number of hydrogen-bond acceptors (Lipinski definition) is 2. The van der Waals surface area contributed by atoms with Crippen LogP contribution in [0, 0.1) is 11.6 Å². The number of benzene rings is 1. The van der Waals surface area contributed by atoms with Crippen LogP contribution in [0.5, 0.6) is 0 Å². The molecule has 0 bridgehead atoms. The first kappa shape index (κ1) is 13.9. The molecule has 3 nitrogen and oxygen atoms in total. The van der Waals surface area contributed by atoms with Gasteiger partial charge in [0.05, 0.1) is 6.42 Å². The molecule has 19 heavy (non-hydrogen) atoms. The van der Waals surface area contributed by atoms with Gasteiger partial charge in [-0.1, -0.05) is 12.5 Å². The van der Waals surface area contributed by atoms with E-state index in [4.69, 9.17) is 0 Å². The Labute approximate surface area is 111 Å². The molecule has 1 saturated heterocycles. The molecular weight excluding hydrogens is 250 g/mol. The van der Waals surface area contributed by atoms with Crippen LogP contribution in [0.15, 0.2) is 18.2 Å². The zero-order valence-corrected chi connectivity index (χ0v) is 10.7. The summed E-state index contributed by atoms with van der Waals surface area (Å²) < 4.78 is 25.8. The van der Waals surface area contributed by atoms with Gasteiger partial charge >= 0.3 is 0 Å². The van der Waals surface area contributed by atoms with Crippen molar-refractivity contribution in [2.75, 3.05) is 13.1 Å². The molecule has 1 heterocycles. The molecule has 1 amide bonds. The Morgan fingerprint density at radius 3 is 2.95 bits per heavy atom. The van der Waals surface area contributed by atoms with Gasteiger partial charge in [0.2, 0.25) is 5.91 Å². The zero-order chi connectivity index (χ0) is 13.7. The summed E-state index contributed by atoms with van der Waals surface area (Å²) in [5.74, 6) is -1.96. The molecule has 2 rings (SSSR count). The lowest BCUT2D eigenvalue weighted by atomic mass is 10.1. The second kappa shape index (κ2) is 6.61. The van der Waals surface area contributed by atoms with Crippen molar-refractivity contribution in [2.24, 2.45) is 0 Å². The lowest BCUT2D eigenvalue weighted by molar-refractivity contribution is -0.121. The van der Waals surface area contributed by atoms with E-state index < -0.39 is 11.6 Å². The Hall–Kier alpha value is -1.49. The van der Waals surface area contributed by atoms with E-state index >= 15 is 0 Å². The smallest absolute Gasteiger partial charge is 0.224 e. The summed E-state index contributed by atoms with van der Waals surface area (Å²) in [5.41, 5.74) is 0.484. The topological polar surface area (TPSA) is 41.1 Å². The number of hydrogen-bond donors (Lipinski definition) is 2. The fourth-order valence-corrected chi connectivity index (χ4v) is 2.26. The maximum Gasteiger partial charge on any atom is 0.224 e. The van der Waals surface area contributed by atoms with E-state index in [0.29, 0.717) is 5.56 Å². The zero-order valence-electron chi connectivity index (χ0n) is 10.7. The van der Waals surface area contributed by atoms with E-state index in [9.17, 15) is 13.6 Å². The number of rotatable bonds is 3. The second-order valence-corrected chi connectivity index (χ2v) is 4.89. The van der Waals surface area contributed by atoms with Crippen LogP contribution in [0.3, 0.4) is 0 Å². The molecule has 1 fully saturated rings. The van der Waals surface area contributed by atoms with Crippen LogP contribution in [0.4, 0.5) is 8.78 Å². The fourth-order valence-electron chi connectivity index (χ4n) is 2.26. The molecule has 1 aromatic rings. The van der Waals surface area contributed by atoms with Gasteiger partial charge < -0.3 is 10.6 Å². The van der Waals surface area contributed by atoms with E-state index in [-0.39, 0.29) is 18.4 Å². The fraction of sp³-hybridized carbons (Fsp3) is 0.500. The van der Waals surface area contributed by atoms with Crippen LogP contribution in [-0.4, -0.2) is 25.0 Å². The Morgan fingerprint density at radius 1 is 1.32 bits per heavy atom. The molecule has 1 aliphatic heterocycles. The first-order valence-corrected chi connectivity index (χ1v) is 6.59. The molecule has 1 aromatic carbocycles. The average molecular weight is 268 g/mol. The summed E-state index contributed by atoms with van der Waals surface area (Å²) in [6, 6.07) is 3.68. The SMILES string of the molecule is O=C(Cc1ccc(F)c(F)c1)NC1CCCCNC1. The minimum absolute atomic E-state index is 0.0771. The van der Waals surface area contributed by atoms with Gasteiger partial charge in [0.1, 0.15) is 0 Å². The molecule has 1 aliphatic rings. The van der Waals surface area contributed by atoms with Gasteiger partial charge in [-0.25, -0.2) is 8.78 Å². The van der Waals surface area contributed by atoms with E-state index in [1.807, 2.05) is 0 Å². The highest BCUT2D eigenvalue weighted by atomic mass is 19.2. The predicted molar refractivity (Wildman–Crippen MR) is 68.7 cm³/mol. The van der Waals surface area contributed by atoms with Crippen molar-refractivity contribution in [3.63, 3.8) is 0 Å². The highest BCUT2D eigenvalue weighted by Gasteiger charge is 2.15. The third-order valence-corrected chi connectivity index (χ3v) is 3.26. The number of amides is 1. The molecule has 104 valence electrons. The Bertz CT molecular complexity index is 443. The molecule has 0 saturated carbocycles. The Morgan fingerprint density at radius 2 is 2.16 bits per heavy atom. The van der Waals surface area contributed by atoms with Crippen molar-refractivity contribution in [1.29, 1.82) is 0 Å². The molecule has 0 aromatic heterocycles. The van der Waals surface area contributed by atoms with Gasteiger partial charge in [-0.2, -0.15) is 0 Å². The second-order valence-electron chi connectivity index (χ2n) is 4.89. The summed E-state index contributed by atoms with van der Waals surface area (Å²) in [6.45, 7) is 1.75. The van der Waals surface area contributed by atoms with Crippen molar-refractivity contribution in [3.8, 4) is 0 Å². The van der Waals surface area contributed by atoms with Crippen molar-refractivity contribution in [1.82, 2.24) is 10.6 Å². The summed E-state index contributed by atoms with van der Waals surface area (Å²) in [5, 5.41) is 6.18. The third-order valence-electron chi connectivity index (χ3n) is 3.26. The van der Waals surface area contributed by atoms with Crippen LogP contribution in [0.1, 0.15) is 24.8 Å². The van der Waals surface area contributed by atoms with Gasteiger partial charge in [-0.05, 0) is 37.1 Å². The van der Waals surface area contributed by atoms with Gasteiger partial charge in [-0.3, -0.25) is 4.79 Å². The minimum atomic E-state index is -0.915. The van der Waals surface area contributed by atoms with E-state index in [1.165, 1.54) is 6.07 Å².